The largest absolute Gasteiger partial charge is 0.338 e. The molecule has 0 spiro atoms. The molecular formula is C16H25ClN4O3S. The quantitative estimate of drug-likeness (QED) is 0.777. The molecule has 0 bridgehead atoms. The number of rotatable bonds is 6. The van der Waals surface area contributed by atoms with Crippen molar-refractivity contribution in [3.8, 4) is 0 Å². The standard InChI is InChI=1S/C16H25ClN4O3S/c1-20(2)25(23,24)21-9-7-14(8-10-21)12-19-16(22)18-11-13-3-5-15(17)6-4-13/h3-6,14H,7-12H2,1-2H3,(H2,18,19,22). The number of hydrogen-bond donors (Lipinski definition) is 2. The molecule has 1 saturated heterocycles. The number of benzene rings is 1. The van der Waals surface area contributed by atoms with Crippen LogP contribution in [0.3, 0.4) is 0 Å². The van der Waals surface area contributed by atoms with Crippen LogP contribution in [0.1, 0.15) is 18.4 Å². The first-order valence-corrected chi connectivity index (χ1v) is 10.0. The van der Waals surface area contributed by atoms with E-state index in [0.717, 1.165) is 18.4 Å². The van der Waals surface area contributed by atoms with Gasteiger partial charge in [0, 0.05) is 45.3 Å². The lowest BCUT2D eigenvalue weighted by Gasteiger charge is -2.32. The molecule has 0 atom stereocenters. The molecule has 0 radical (unpaired) electrons. The molecule has 1 aromatic carbocycles. The van der Waals surface area contributed by atoms with Crippen LogP contribution in [0.5, 0.6) is 0 Å². The highest BCUT2D eigenvalue weighted by Crippen LogP contribution is 2.19. The van der Waals surface area contributed by atoms with Gasteiger partial charge in [-0.15, -0.1) is 0 Å². The highest BCUT2D eigenvalue weighted by Gasteiger charge is 2.29. The summed E-state index contributed by atoms with van der Waals surface area (Å²) in [5.74, 6) is 0.287. The van der Waals surface area contributed by atoms with E-state index >= 15 is 0 Å². The van der Waals surface area contributed by atoms with Crippen LogP contribution < -0.4 is 10.6 Å². The molecule has 2 amide bonds. The van der Waals surface area contributed by atoms with E-state index in [1.165, 1.54) is 22.7 Å². The second-order valence-electron chi connectivity index (χ2n) is 6.32. The lowest BCUT2D eigenvalue weighted by atomic mass is 9.98. The zero-order chi connectivity index (χ0) is 18.4. The Morgan fingerprint density at radius 3 is 2.36 bits per heavy atom. The van der Waals surface area contributed by atoms with Gasteiger partial charge in [-0.3, -0.25) is 0 Å². The Morgan fingerprint density at radius 2 is 1.80 bits per heavy atom. The van der Waals surface area contributed by atoms with Gasteiger partial charge in [-0.25, -0.2) is 4.79 Å². The van der Waals surface area contributed by atoms with Gasteiger partial charge in [0.25, 0.3) is 10.2 Å². The molecule has 9 heteroatoms. The van der Waals surface area contributed by atoms with Crippen LogP contribution in [0.15, 0.2) is 24.3 Å². The van der Waals surface area contributed by atoms with Crippen LogP contribution in [0.25, 0.3) is 0 Å². The number of halogens is 1. The van der Waals surface area contributed by atoms with Crippen LogP contribution in [-0.2, 0) is 16.8 Å². The average Bonchev–Trinajstić information content (AvgIpc) is 2.59. The van der Waals surface area contributed by atoms with Crippen LogP contribution >= 0.6 is 11.6 Å². The van der Waals surface area contributed by atoms with Gasteiger partial charge in [0.2, 0.25) is 0 Å². The highest BCUT2D eigenvalue weighted by atomic mass is 35.5. The topological polar surface area (TPSA) is 81.8 Å². The maximum atomic E-state index is 12.1. The van der Waals surface area contributed by atoms with Crippen molar-refractivity contribution >= 4 is 27.8 Å². The molecule has 2 N–H and O–H groups in total. The van der Waals surface area contributed by atoms with Crippen LogP contribution in [-0.4, -0.2) is 56.8 Å². The maximum Gasteiger partial charge on any atom is 0.315 e. The van der Waals surface area contributed by atoms with Crippen molar-refractivity contribution in [1.29, 1.82) is 0 Å². The van der Waals surface area contributed by atoms with Gasteiger partial charge in [0.1, 0.15) is 0 Å². The molecule has 0 aliphatic carbocycles. The van der Waals surface area contributed by atoms with Crippen molar-refractivity contribution in [2.45, 2.75) is 19.4 Å². The Hall–Kier alpha value is -1.35. The van der Waals surface area contributed by atoms with Gasteiger partial charge in [0.15, 0.2) is 0 Å². The van der Waals surface area contributed by atoms with Crippen molar-refractivity contribution in [2.75, 3.05) is 33.7 Å². The minimum absolute atomic E-state index is 0.224. The van der Waals surface area contributed by atoms with E-state index < -0.39 is 10.2 Å². The molecule has 1 aliphatic heterocycles. The Kier molecular flexibility index (Phi) is 7.06. The molecule has 1 aromatic rings. The monoisotopic (exact) mass is 388 g/mol. The van der Waals surface area contributed by atoms with Gasteiger partial charge in [-0.1, -0.05) is 23.7 Å². The number of nitrogens with one attached hydrogen (secondary N) is 2. The number of hydrogen-bond acceptors (Lipinski definition) is 3. The summed E-state index contributed by atoms with van der Waals surface area (Å²) in [5, 5.41) is 6.32. The third kappa shape index (κ3) is 5.85. The van der Waals surface area contributed by atoms with Gasteiger partial charge in [0.05, 0.1) is 0 Å². The smallest absolute Gasteiger partial charge is 0.315 e. The van der Waals surface area contributed by atoms with Crippen molar-refractivity contribution in [1.82, 2.24) is 19.2 Å². The first-order valence-electron chi connectivity index (χ1n) is 8.23. The van der Waals surface area contributed by atoms with E-state index in [1.54, 1.807) is 12.1 Å². The molecule has 0 unspecified atom stereocenters. The molecule has 0 aromatic heterocycles. The lowest BCUT2D eigenvalue weighted by molar-refractivity contribution is 0.229. The van der Waals surface area contributed by atoms with Crippen molar-refractivity contribution in [3.05, 3.63) is 34.9 Å². The molecule has 25 heavy (non-hydrogen) atoms. The van der Waals surface area contributed by atoms with Crippen LogP contribution in [0.4, 0.5) is 4.79 Å². The number of carbonyl (C=O) groups excluding carboxylic acids is 1. The van der Waals surface area contributed by atoms with Gasteiger partial charge >= 0.3 is 6.03 Å². The normalized spacial score (nSPS) is 16.8. The number of amides is 2. The summed E-state index contributed by atoms with van der Waals surface area (Å²) in [7, 11) is -0.268. The molecule has 140 valence electrons. The summed E-state index contributed by atoms with van der Waals surface area (Å²) in [6.07, 6.45) is 1.48. The van der Waals surface area contributed by atoms with Crippen molar-refractivity contribution in [2.24, 2.45) is 5.92 Å². The van der Waals surface area contributed by atoms with Crippen molar-refractivity contribution < 1.29 is 13.2 Å². The minimum Gasteiger partial charge on any atom is -0.338 e. The van der Waals surface area contributed by atoms with Gasteiger partial charge < -0.3 is 10.6 Å². The molecule has 0 saturated carbocycles. The SMILES string of the molecule is CN(C)S(=O)(=O)N1CCC(CNC(=O)NCc2ccc(Cl)cc2)CC1. The average molecular weight is 389 g/mol. The zero-order valence-electron chi connectivity index (χ0n) is 14.5. The van der Waals surface area contributed by atoms with E-state index in [2.05, 4.69) is 10.6 Å². The van der Waals surface area contributed by atoms with E-state index in [4.69, 9.17) is 11.6 Å². The predicted octanol–water partition coefficient (Wildman–Crippen LogP) is 1.66. The second-order valence-corrected chi connectivity index (χ2v) is 8.90. The van der Waals surface area contributed by atoms with E-state index in [1.807, 2.05) is 12.1 Å². The summed E-state index contributed by atoms with van der Waals surface area (Å²) in [4.78, 5) is 11.9. The third-order valence-corrected chi connectivity index (χ3v) is 6.47. The molecule has 7 nitrogen and oxygen atoms in total. The Bertz CT molecular complexity index is 671. The molecular weight excluding hydrogens is 364 g/mol. The molecule has 2 rings (SSSR count). The number of carbonyl (C=O) groups is 1. The predicted molar refractivity (Wildman–Crippen MR) is 98.6 cm³/mol. The first kappa shape index (κ1) is 20.0. The van der Waals surface area contributed by atoms with Gasteiger partial charge in [-0.2, -0.15) is 17.0 Å². The Balaban J connectivity index is 1.68. The molecule has 1 fully saturated rings. The fourth-order valence-electron chi connectivity index (χ4n) is 2.66. The van der Waals surface area contributed by atoms with E-state index in [9.17, 15) is 13.2 Å². The van der Waals surface area contributed by atoms with Crippen molar-refractivity contribution in [3.63, 3.8) is 0 Å². The van der Waals surface area contributed by atoms with Crippen LogP contribution in [0, 0.1) is 5.92 Å². The Labute approximate surface area is 154 Å². The lowest BCUT2D eigenvalue weighted by Crippen LogP contribution is -2.46. The minimum atomic E-state index is -3.34. The maximum absolute atomic E-state index is 12.1. The summed E-state index contributed by atoms with van der Waals surface area (Å²) in [6, 6.07) is 7.07. The third-order valence-electron chi connectivity index (χ3n) is 4.28. The first-order chi connectivity index (χ1) is 11.8. The van der Waals surface area contributed by atoms with Crippen LogP contribution in [0.2, 0.25) is 5.02 Å². The molecule has 1 heterocycles. The fourth-order valence-corrected chi connectivity index (χ4v) is 3.92. The second kappa shape index (κ2) is 8.84. The summed E-state index contributed by atoms with van der Waals surface area (Å²) in [5.41, 5.74) is 0.974. The fraction of sp³-hybridized carbons (Fsp3) is 0.562. The van der Waals surface area contributed by atoms with Gasteiger partial charge in [-0.05, 0) is 36.5 Å². The number of piperidine rings is 1. The summed E-state index contributed by atoms with van der Waals surface area (Å²) >= 11 is 5.82. The molecule has 1 aliphatic rings. The summed E-state index contributed by atoms with van der Waals surface area (Å²) < 4.78 is 26.8. The highest BCUT2D eigenvalue weighted by molar-refractivity contribution is 7.86. The van der Waals surface area contributed by atoms with E-state index in [0.29, 0.717) is 31.2 Å². The summed E-state index contributed by atoms with van der Waals surface area (Å²) in [6.45, 7) is 1.95. The zero-order valence-corrected chi connectivity index (χ0v) is 16.1. The number of nitrogens with zero attached hydrogens (tertiary/aromatic N) is 2. The Morgan fingerprint density at radius 1 is 1.20 bits per heavy atom. The van der Waals surface area contributed by atoms with E-state index in [-0.39, 0.29) is 11.9 Å². The number of urea groups is 1.